The third-order valence-electron chi connectivity index (χ3n) is 3.03. The monoisotopic (exact) mass is 215 g/mol. The minimum absolute atomic E-state index is 0.0844. The Kier molecular flexibility index (Phi) is 2.38. The summed E-state index contributed by atoms with van der Waals surface area (Å²) in [6.07, 6.45) is 2.15. The maximum atomic E-state index is 11.8. The topological polar surface area (TPSA) is 20.3 Å². The molecular weight excluding hydrogens is 198 g/mol. The van der Waals surface area contributed by atoms with Crippen LogP contribution in [0.25, 0.3) is 5.57 Å². The maximum Gasteiger partial charge on any atom is 0.224 e. The molecule has 1 amide bonds. The van der Waals surface area contributed by atoms with Crippen molar-refractivity contribution in [2.75, 3.05) is 4.90 Å². The molecule has 1 heterocycles. The molecule has 0 aliphatic carbocycles. The van der Waals surface area contributed by atoms with Gasteiger partial charge in [0.25, 0.3) is 0 Å². The normalized spacial score (nSPS) is 17.8. The predicted octanol–water partition coefficient (Wildman–Crippen LogP) is 3.24. The summed E-state index contributed by atoms with van der Waals surface area (Å²) in [5.41, 5.74) is 3.15. The Balaban J connectivity index is 2.67. The van der Waals surface area contributed by atoms with Gasteiger partial charge in [0.1, 0.15) is 0 Å². The Morgan fingerprint density at radius 1 is 1.25 bits per heavy atom. The fraction of sp³-hybridized carbons (Fsp3) is 0.357. The van der Waals surface area contributed by atoms with Crippen LogP contribution >= 0.6 is 0 Å². The number of carbonyl (C=O) groups is 1. The third kappa shape index (κ3) is 1.54. The largest absolute Gasteiger partial charge is 0.303 e. The lowest BCUT2D eigenvalue weighted by atomic mass is 9.89. The van der Waals surface area contributed by atoms with Gasteiger partial charge in [0.15, 0.2) is 0 Å². The second kappa shape index (κ2) is 3.48. The first-order valence-corrected chi connectivity index (χ1v) is 5.53. The van der Waals surface area contributed by atoms with E-state index in [1.807, 2.05) is 23.1 Å². The first-order valence-electron chi connectivity index (χ1n) is 5.53. The van der Waals surface area contributed by atoms with Crippen LogP contribution in [0.1, 0.15) is 33.3 Å². The van der Waals surface area contributed by atoms with Crippen molar-refractivity contribution >= 4 is 17.2 Å². The van der Waals surface area contributed by atoms with E-state index in [9.17, 15) is 4.79 Å². The van der Waals surface area contributed by atoms with Gasteiger partial charge in [-0.3, -0.25) is 4.79 Å². The summed E-state index contributed by atoms with van der Waals surface area (Å²) >= 11 is 0. The number of hydrogen-bond donors (Lipinski definition) is 0. The van der Waals surface area contributed by atoms with E-state index in [1.165, 1.54) is 5.57 Å². The number of hydrogen-bond acceptors (Lipinski definition) is 1. The van der Waals surface area contributed by atoms with Crippen molar-refractivity contribution in [1.29, 1.82) is 0 Å². The molecule has 0 saturated heterocycles. The van der Waals surface area contributed by atoms with Crippen molar-refractivity contribution in [3.8, 4) is 0 Å². The zero-order valence-electron chi connectivity index (χ0n) is 10.2. The number of allylic oxidation sites excluding steroid dienone is 1. The van der Waals surface area contributed by atoms with Crippen molar-refractivity contribution in [2.45, 2.75) is 33.2 Å². The highest BCUT2D eigenvalue weighted by Gasteiger charge is 2.33. The summed E-state index contributed by atoms with van der Waals surface area (Å²) in [5, 5.41) is 0. The first kappa shape index (κ1) is 10.9. The standard InChI is InChI=1S/C14H17NO/c1-10-9-14(3,4)15(11(2)16)13-8-6-5-7-12(10)13/h5-9H,1-4H3. The molecule has 0 saturated carbocycles. The zero-order chi connectivity index (χ0) is 11.9. The van der Waals surface area contributed by atoms with Crippen molar-refractivity contribution in [3.05, 3.63) is 35.9 Å². The maximum absolute atomic E-state index is 11.8. The molecule has 0 N–H and O–H groups in total. The fourth-order valence-corrected chi connectivity index (χ4v) is 2.56. The Morgan fingerprint density at radius 3 is 2.50 bits per heavy atom. The molecule has 0 fully saturated rings. The minimum atomic E-state index is -0.246. The highest BCUT2D eigenvalue weighted by atomic mass is 16.2. The Morgan fingerprint density at radius 2 is 1.88 bits per heavy atom. The van der Waals surface area contributed by atoms with Crippen LogP contribution < -0.4 is 4.90 Å². The second-order valence-corrected chi connectivity index (χ2v) is 4.85. The number of carbonyl (C=O) groups excluding carboxylic acids is 1. The fourth-order valence-electron chi connectivity index (χ4n) is 2.56. The van der Waals surface area contributed by atoms with E-state index >= 15 is 0 Å². The molecule has 2 nitrogen and oxygen atoms in total. The average molecular weight is 215 g/mol. The number of nitrogens with zero attached hydrogens (tertiary/aromatic N) is 1. The first-order chi connectivity index (χ1) is 7.43. The van der Waals surface area contributed by atoms with E-state index in [0.717, 1.165) is 11.3 Å². The van der Waals surface area contributed by atoms with E-state index in [-0.39, 0.29) is 11.4 Å². The van der Waals surface area contributed by atoms with Crippen LogP contribution in [0.15, 0.2) is 30.3 Å². The van der Waals surface area contributed by atoms with Crippen molar-refractivity contribution in [1.82, 2.24) is 0 Å². The Bertz CT molecular complexity index is 471. The SMILES string of the molecule is CC(=O)N1c2ccccc2C(C)=CC1(C)C. The van der Waals surface area contributed by atoms with Crippen molar-refractivity contribution < 1.29 is 4.79 Å². The smallest absolute Gasteiger partial charge is 0.224 e. The summed E-state index contributed by atoms with van der Waals surface area (Å²) in [5.74, 6) is 0.0844. The molecule has 2 heteroatoms. The van der Waals surface area contributed by atoms with Gasteiger partial charge in [-0.1, -0.05) is 24.3 Å². The molecular formula is C14H17NO. The summed E-state index contributed by atoms with van der Waals surface area (Å²) < 4.78 is 0. The van der Waals surface area contributed by atoms with E-state index in [2.05, 4.69) is 32.9 Å². The van der Waals surface area contributed by atoms with Crippen LogP contribution in [0, 0.1) is 0 Å². The molecule has 1 aromatic rings. The quantitative estimate of drug-likeness (QED) is 0.650. The highest BCUT2D eigenvalue weighted by Crippen LogP contribution is 2.38. The number of amides is 1. The Labute approximate surface area is 96.6 Å². The van der Waals surface area contributed by atoms with E-state index in [4.69, 9.17) is 0 Å². The van der Waals surface area contributed by atoms with Gasteiger partial charge in [-0.15, -0.1) is 0 Å². The highest BCUT2D eigenvalue weighted by molar-refractivity contribution is 5.99. The van der Waals surface area contributed by atoms with Gasteiger partial charge >= 0.3 is 0 Å². The van der Waals surface area contributed by atoms with Gasteiger partial charge in [-0.2, -0.15) is 0 Å². The van der Waals surface area contributed by atoms with E-state index in [1.54, 1.807) is 6.92 Å². The lowest BCUT2D eigenvalue weighted by molar-refractivity contribution is -0.117. The molecule has 16 heavy (non-hydrogen) atoms. The molecule has 0 aromatic heterocycles. The summed E-state index contributed by atoms with van der Waals surface area (Å²) in [6, 6.07) is 8.05. The molecule has 1 aliphatic heterocycles. The molecule has 0 atom stereocenters. The number of benzene rings is 1. The second-order valence-electron chi connectivity index (χ2n) is 4.85. The van der Waals surface area contributed by atoms with Crippen LogP contribution in [0.5, 0.6) is 0 Å². The third-order valence-corrected chi connectivity index (χ3v) is 3.03. The predicted molar refractivity (Wildman–Crippen MR) is 67.3 cm³/mol. The van der Waals surface area contributed by atoms with Crippen molar-refractivity contribution in [2.24, 2.45) is 0 Å². The van der Waals surface area contributed by atoms with E-state index < -0.39 is 0 Å². The number of fused-ring (bicyclic) bond motifs is 1. The summed E-state index contributed by atoms with van der Waals surface area (Å²) in [7, 11) is 0. The van der Waals surface area contributed by atoms with E-state index in [0.29, 0.717) is 0 Å². The van der Waals surface area contributed by atoms with Crippen LogP contribution in [-0.2, 0) is 4.79 Å². The molecule has 0 bridgehead atoms. The summed E-state index contributed by atoms with van der Waals surface area (Å²) in [6.45, 7) is 7.84. The van der Waals surface area contributed by atoms with Crippen LogP contribution in [-0.4, -0.2) is 11.4 Å². The summed E-state index contributed by atoms with van der Waals surface area (Å²) in [4.78, 5) is 13.6. The van der Waals surface area contributed by atoms with Gasteiger partial charge in [-0.05, 0) is 32.4 Å². The van der Waals surface area contributed by atoms with Crippen molar-refractivity contribution in [3.63, 3.8) is 0 Å². The molecule has 0 unspecified atom stereocenters. The van der Waals surface area contributed by atoms with Gasteiger partial charge < -0.3 is 4.90 Å². The lowest BCUT2D eigenvalue weighted by Crippen LogP contribution is -2.47. The number of para-hydroxylation sites is 1. The number of anilines is 1. The molecule has 0 spiro atoms. The van der Waals surface area contributed by atoms with Crippen LogP contribution in [0.3, 0.4) is 0 Å². The molecule has 0 radical (unpaired) electrons. The lowest BCUT2D eigenvalue weighted by Gasteiger charge is -2.41. The number of rotatable bonds is 0. The molecule has 84 valence electrons. The molecule has 1 aliphatic rings. The van der Waals surface area contributed by atoms with Gasteiger partial charge in [0, 0.05) is 12.5 Å². The van der Waals surface area contributed by atoms with Crippen LogP contribution in [0.2, 0.25) is 0 Å². The molecule has 1 aromatic carbocycles. The van der Waals surface area contributed by atoms with Gasteiger partial charge in [0.2, 0.25) is 5.91 Å². The van der Waals surface area contributed by atoms with Crippen LogP contribution in [0.4, 0.5) is 5.69 Å². The Hall–Kier alpha value is -1.57. The van der Waals surface area contributed by atoms with Gasteiger partial charge in [-0.25, -0.2) is 0 Å². The zero-order valence-corrected chi connectivity index (χ0v) is 10.2. The molecule has 2 rings (SSSR count). The average Bonchev–Trinajstić information content (AvgIpc) is 2.15. The minimum Gasteiger partial charge on any atom is -0.303 e. The van der Waals surface area contributed by atoms with Gasteiger partial charge in [0.05, 0.1) is 11.2 Å².